The predicted octanol–water partition coefficient (Wildman–Crippen LogP) is 3.25. The SMILES string of the molecule is C[C@@H]1CN(c2ncc(CCO)cc2F)CCN1C(=O)Nc1nc2ccc(F)cc2s1. The number of piperazine rings is 1. The largest absolute Gasteiger partial charge is 0.396 e. The number of carbonyl (C=O) groups excluding carboxylic acids is 1. The number of halogens is 2. The van der Waals surface area contributed by atoms with Crippen LogP contribution >= 0.6 is 11.3 Å². The number of hydrogen-bond donors (Lipinski definition) is 2. The molecule has 2 amide bonds. The molecule has 1 atom stereocenters. The molecule has 10 heteroatoms. The second-order valence-corrected chi connectivity index (χ2v) is 8.20. The van der Waals surface area contributed by atoms with E-state index >= 15 is 0 Å². The predicted molar refractivity (Wildman–Crippen MR) is 112 cm³/mol. The van der Waals surface area contributed by atoms with Crippen molar-refractivity contribution in [2.24, 2.45) is 0 Å². The number of fused-ring (bicyclic) bond motifs is 1. The van der Waals surface area contributed by atoms with Gasteiger partial charge in [0, 0.05) is 38.5 Å². The first-order valence-corrected chi connectivity index (χ1v) is 10.4. The molecular weight excluding hydrogens is 412 g/mol. The van der Waals surface area contributed by atoms with Gasteiger partial charge in [-0.15, -0.1) is 0 Å². The van der Waals surface area contributed by atoms with E-state index in [2.05, 4.69) is 15.3 Å². The summed E-state index contributed by atoms with van der Waals surface area (Å²) in [5.74, 6) is -0.538. The molecule has 0 unspecified atom stereocenters. The number of nitrogens with one attached hydrogen (secondary N) is 1. The molecule has 3 heterocycles. The maximum absolute atomic E-state index is 14.4. The second kappa shape index (κ2) is 8.49. The third kappa shape index (κ3) is 4.19. The van der Waals surface area contributed by atoms with Crippen LogP contribution in [0.1, 0.15) is 12.5 Å². The molecule has 158 valence electrons. The average molecular weight is 433 g/mol. The van der Waals surface area contributed by atoms with Crippen molar-refractivity contribution in [2.75, 3.05) is 36.5 Å². The van der Waals surface area contributed by atoms with Crippen LogP contribution in [0.25, 0.3) is 10.2 Å². The molecule has 0 saturated carbocycles. The molecule has 1 aliphatic rings. The Morgan fingerprint density at radius 1 is 1.33 bits per heavy atom. The fourth-order valence-corrected chi connectivity index (χ4v) is 4.42. The topological polar surface area (TPSA) is 81.6 Å². The van der Waals surface area contributed by atoms with Gasteiger partial charge in [-0.05, 0) is 43.2 Å². The van der Waals surface area contributed by atoms with E-state index in [4.69, 9.17) is 5.11 Å². The van der Waals surface area contributed by atoms with Crippen LogP contribution < -0.4 is 10.2 Å². The lowest BCUT2D eigenvalue weighted by molar-refractivity contribution is 0.184. The smallest absolute Gasteiger partial charge is 0.324 e. The van der Waals surface area contributed by atoms with Crippen LogP contribution in [0, 0.1) is 11.6 Å². The van der Waals surface area contributed by atoms with E-state index < -0.39 is 5.82 Å². The molecule has 0 radical (unpaired) electrons. The number of pyridine rings is 1. The number of anilines is 2. The van der Waals surface area contributed by atoms with Crippen LogP contribution in [-0.2, 0) is 6.42 Å². The van der Waals surface area contributed by atoms with E-state index in [0.29, 0.717) is 47.0 Å². The number of thiazole rings is 1. The molecular formula is C20H21F2N5O2S. The van der Waals surface area contributed by atoms with Gasteiger partial charge in [0.2, 0.25) is 0 Å². The Morgan fingerprint density at radius 3 is 2.90 bits per heavy atom. The third-order valence-electron chi connectivity index (χ3n) is 5.03. The highest BCUT2D eigenvalue weighted by atomic mass is 32.1. The summed E-state index contributed by atoms with van der Waals surface area (Å²) in [4.78, 5) is 24.7. The van der Waals surface area contributed by atoms with Crippen molar-refractivity contribution in [1.82, 2.24) is 14.9 Å². The van der Waals surface area contributed by atoms with Crippen molar-refractivity contribution < 1.29 is 18.7 Å². The van der Waals surface area contributed by atoms with Gasteiger partial charge in [-0.2, -0.15) is 0 Å². The lowest BCUT2D eigenvalue weighted by Crippen LogP contribution is -2.55. The summed E-state index contributed by atoms with van der Waals surface area (Å²) < 4.78 is 28.5. The average Bonchev–Trinajstić information content (AvgIpc) is 3.09. The van der Waals surface area contributed by atoms with E-state index in [1.165, 1.54) is 29.5 Å². The molecule has 1 aliphatic heterocycles. The van der Waals surface area contributed by atoms with Crippen molar-refractivity contribution >= 4 is 38.5 Å². The maximum Gasteiger partial charge on any atom is 0.324 e. The maximum atomic E-state index is 14.4. The Hall–Kier alpha value is -2.85. The Balaban J connectivity index is 1.41. The fourth-order valence-electron chi connectivity index (χ4n) is 3.54. The number of aliphatic hydroxyl groups excluding tert-OH is 1. The van der Waals surface area contributed by atoms with E-state index in [-0.39, 0.29) is 30.3 Å². The van der Waals surface area contributed by atoms with Gasteiger partial charge in [0.15, 0.2) is 16.8 Å². The highest BCUT2D eigenvalue weighted by Crippen LogP contribution is 2.27. The summed E-state index contributed by atoms with van der Waals surface area (Å²) in [5.41, 5.74) is 1.27. The van der Waals surface area contributed by atoms with Gasteiger partial charge >= 0.3 is 6.03 Å². The molecule has 7 nitrogen and oxygen atoms in total. The van der Waals surface area contributed by atoms with Crippen molar-refractivity contribution in [2.45, 2.75) is 19.4 Å². The molecule has 1 fully saturated rings. The molecule has 0 bridgehead atoms. The Morgan fingerprint density at radius 2 is 2.17 bits per heavy atom. The summed E-state index contributed by atoms with van der Waals surface area (Å²) in [6, 6.07) is 5.21. The quantitative estimate of drug-likeness (QED) is 0.660. The number of nitrogens with zero attached hydrogens (tertiary/aromatic N) is 4. The molecule has 4 rings (SSSR count). The normalized spacial score (nSPS) is 16.9. The molecule has 1 aromatic carbocycles. The van der Waals surface area contributed by atoms with Gasteiger partial charge in [-0.3, -0.25) is 5.32 Å². The molecule has 30 heavy (non-hydrogen) atoms. The number of aromatic nitrogens is 2. The zero-order chi connectivity index (χ0) is 21.3. The second-order valence-electron chi connectivity index (χ2n) is 7.17. The van der Waals surface area contributed by atoms with Gasteiger partial charge in [-0.1, -0.05) is 11.3 Å². The first-order chi connectivity index (χ1) is 14.4. The third-order valence-corrected chi connectivity index (χ3v) is 5.96. The van der Waals surface area contributed by atoms with Crippen LogP contribution in [0.15, 0.2) is 30.5 Å². The van der Waals surface area contributed by atoms with Crippen molar-refractivity contribution in [3.63, 3.8) is 0 Å². The number of hydrogen-bond acceptors (Lipinski definition) is 6. The van der Waals surface area contributed by atoms with Crippen LogP contribution in [0.4, 0.5) is 24.5 Å². The summed E-state index contributed by atoms with van der Waals surface area (Å²) in [6.45, 7) is 3.09. The van der Waals surface area contributed by atoms with Crippen molar-refractivity contribution in [1.29, 1.82) is 0 Å². The zero-order valence-corrected chi connectivity index (χ0v) is 17.1. The minimum absolute atomic E-state index is 0.0606. The fraction of sp³-hybridized carbons (Fsp3) is 0.350. The van der Waals surface area contributed by atoms with Crippen LogP contribution in [0.5, 0.6) is 0 Å². The molecule has 3 aromatic rings. The van der Waals surface area contributed by atoms with Crippen molar-refractivity contribution in [3.8, 4) is 0 Å². The van der Waals surface area contributed by atoms with Gasteiger partial charge in [0.1, 0.15) is 5.82 Å². The minimum atomic E-state index is -0.437. The Kier molecular flexibility index (Phi) is 5.78. The molecule has 0 spiro atoms. The van der Waals surface area contributed by atoms with Gasteiger partial charge in [-0.25, -0.2) is 23.5 Å². The lowest BCUT2D eigenvalue weighted by Gasteiger charge is -2.40. The standard InChI is InChI=1S/C20H21F2N5O2S/c1-12-11-26(18-15(22)8-13(4-7-28)10-23-18)5-6-27(12)20(29)25-19-24-16-3-2-14(21)9-17(16)30-19/h2-3,8-10,12,28H,4-7,11H2,1H3,(H,24,25,29)/t12-/m1/s1. The monoisotopic (exact) mass is 433 g/mol. The number of urea groups is 1. The van der Waals surface area contributed by atoms with Gasteiger partial charge in [0.05, 0.1) is 10.2 Å². The first kappa shape index (κ1) is 20.4. The number of benzene rings is 1. The summed E-state index contributed by atoms with van der Waals surface area (Å²) in [5, 5.41) is 12.2. The van der Waals surface area contributed by atoms with E-state index in [9.17, 15) is 13.6 Å². The number of aliphatic hydroxyl groups is 1. The molecule has 1 saturated heterocycles. The van der Waals surface area contributed by atoms with E-state index in [1.54, 1.807) is 17.2 Å². The van der Waals surface area contributed by atoms with Crippen molar-refractivity contribution in [3.05, 3.63) is 47.7 Å². The summed E-state index contributed by atoms with van der Waals surface area (Å²) in [6.07, 6.45) is 1.92. The lowest BCUT2D eigenvalue weighted by atomic mass is 10.1. The van der Waals surface area contributed by atoms with Crippen LogP contribution in [0.2, 0.25) is 0 Å². The summed E-state index contributed by atoms with van der Waals surface area (Å²) in [7, 11) is 0. The number of amides is 2. The van der Waals surface area contributed by atoms with E-state index in [1.807, 2.05) is 11.8 Å². The molecule has 2 N–H and O–H groups in total. The van der Waals surface area contributed by atoms with Gasteiger partial charge in [0.25, 0.3) is 0 Å². The van der Waals surface area contributed by atoms with E-state index in [0.717, 1.165) is 0 Å². The van der Waals surface area contributed by atoms with Crippen LogP contribution in [0.3, 0.4) is 0 Å². The highest BCUT2D eigenvalue weighted by molar-refractivity contribution is 7.22. The zero-order valence-electron chi connectivity index (χ0n) is 16.3. The Labute approximate surface area is 176 Å². The highest BCUT2D eigenvalue weighted by Gasteiger charge is 2.29. The van der Waals surface area contributed by atoms with Crippen LogP contribution in [-0.4, -0.2) is 58.3 Å². The summed E-state index contributed by atoms with van der Waals surface area (Å²) >= 11 is 1.21. The molecule has 0 aliphatic carbocycles. The number of rotatable bonds is 4. The first-order valence-electron chi connectivity index (χ1n) is 9.58. The molecule has 2 aromatic heterocycles. The number of carbonyl (C=O) groups is 1. The Bertz CT molecular complexity index is 1080. The minimum Gasteiger partial charge on any atom is -0.396 e. The van der Waals surface area contributed by atoms with Gasteiger partial charge < -0.3 is 14.9 Å².